The number of nitrogens with one attached hydrogen (secondary N) is 1. The van der Waals surface area contributed by atoms with Crippen molar-refractivity contribution >= 4 is 11.6 Å². The molecular weight excluding hydrogens is 242 g/mol. The van der Waals surface area contributed by atoms with Gasteiger partial charge in [-0.15, -0.1) is 0 Å². The van der Waals surface area contributed by atoms with Crippen LogP contribution in [0.5, 0.6) is 0 Å². The van der Waals surface area contributed by atoms with Crippen LogP contribution in [0, 0.1) is 12.8 Å². The lowest BCUT2D eigenvalue weighted by Gasteiger charge is -2.11. The second-order valence-electron chi connectivity index (χ2n) is 4.71. The number of para-hydroxylation sites is 1. The van der Waals surface area contributed by atoms with E-state index in [0.717, 1.165) is 11.3 Å². The lowest BCUT2D eigenvalue weighted by Crippen LogP contribution is -2.18. The fourth-order valence-electron chi connectivity index (χ4n) is 1.65. The second kappa shape index (κ2) is 5.65. The van der Waals surface area contributed by atoms with Crippen molar-refractivity contribution in [3.63, 3.8) is 0 Å². The van der Waals surface area contributed by atoms with Crippen LogP contribution in [0.2, 0.25) is 0 Å². The molecule has 0 atom stereocenters. The maximum absolute atomic E-state index is 11.8. The summed E-state index contributed by atoms with van der Waals surface area (Å²) in [6.07, 6.45) is 0.509. The summed E-state index contributed by atoms with van der Waals surface area (Å²) in [6.45, 7) is 5.50. The van der Waals surface area contributed by atoms with Crippen LogP contribution < -0.4 is 5.32 Å². The fourth-order valence-corrected chi connectivity index (χ4v) is 1.65. The van der Waals surface area contributed by atoms with E-state index < -0.39 is 0 Å². The average Bonchev–Trinajstić information content (AvgIpc) is 2.77. The first-order valence-electron chi connectivity index (χ1n) is 6.24. The van der Waals surface area contributed by atoms with Crippen LogP contribution >= 0.6 is 0 Å². The van der Waals surface area contributed by atoms with Crippen LogP contribution in [0.15, 0.2) is 28.8 Å². The molecule has 0 fully saturated rings. The molecule has 0 aliphatic carbocycles. The summed E-state index contributed by atoms with van der Waals surface area (Å²) in [5, 5.41) is 6.67. The molecule has 0 aliphatic rings. The van der Waals surface area contributed by atoms with Crippen LogP contribution in [-0.2, 0) is 11.2 Å². The quantitative estimate of drug-likeness (QED) is 0.916. The van der Waals surface area contributed by atoms with E-state index in [1.165, 1.54) is 0 Å². The van der Waals surface area contributed by atoms with E-state index in [1.807, 2.05) is 38.1 Å². The SMILES string of the molecule is Cc1noc(Cc2ccccc2NC(=O)C(C)C)n1. The predicted octanol–water partition coefficient (Wildman–Crippen LogP) is 2.56. The summed E-state index contributed by atoms with van der Waals surface area (Å²) < 4.78 is 5.10. The molecule has 0 aliphatic heterocycles. The zero-order valence-corrected chi connectivity index (χ0v) is 11.3. The Morgan fingerprint density at radius 3 is 2.74 bits per heavy atom. The minimum Gasteiger partial charge on any atom is -0.339 e. The Kier molecular flexibility index (Phi) is 3.94. The first-order valence-corrected chi connectivity index (χ1v) is 6.24. The van der Waals surface area contributed by atoms with Crippen LogP contribution in [0.1, 0.15) is 31.1 Å². The Morgan fingerprint density at radius 1 is 1.37 bits per heavy atom. The highest BCUT2D eigenvalue weighted by molar-refractivity contribution is 5.92. The van der Waals surface area contributed by atoms with E-state index in [-0.39, 0.29) is 11.8 Å². The summed E-state index contributed by atoms with van der Waals surface area (Å²) in [6, 6.07) is 7.62. The summed E-state index contributed by atoms with van der Waals surface area (Å²) in [4.78, 5) is 15.9. The summed E-state index contributed by atoms with van der Waals surface area (Å²) in [7, 11) is 0. The second-order valence-corrected chi connectivity index (χ2v) is 4.71. The van der Waals surface area contributed by atoms with Crippen molar-refractivity contribution in [2.45, 2.75) is 27.2 Å². The standard InChI is InChI=1S/C14H17N3O2/c1-9(2)14(18)16-12-7-5-4-6-11(12)8-13-15-10(3)17-19-13/h4-7,9H,8H2,1-3H3,(H,16,18). The zero-order valence-electron chi connectivity index (χ0n) is 11.3. The highest BCUT2D eigenvalue weighted by Crippen LogP contribution is 2.19. The van der Waals surface area contributed by atoms with E-state index in [4.69, 9.17) is 4.52 Å². The molecule has 0 saturated heterocycles. The molecule has 1 N–H and O–H groups in total. The van der Waals surface area contributed by atoms with Gasteiger partial charge in [-0.25, -0.2) is 0 Å². The van der Waals surface area contributed by atoms with Crippen molar-refractivity contribution in [3.05, 3.63) is 41.5 Å². The number of aryl methyl sites for hydroxylation is 1. The van der Waals surface area contributed by atoms with Crippen LogP contribution in [0.25, 0.3) is 0 Å². The van der Waals surface area contributed by atoms with Gasteiger partial charge >= 0.3 is 0 Å². The molecule has 100 valence electrons. The van der Waals surface area contributed by atoms with Gasteiger partial charge in [-0.1, -0.05) is 37.2 Å². The van der Waals surface area contributed by atoms with E-state index in [2.05, 4.69) is 15.5 Å². The Labute approximate surface area is 112 Å². The third kappa shape index (κ3) is 3.40. The molecule has 1 amide bonds. The predicted molar refractivity (Wildman–Crippen MR) is 71.8 cm³/mol. The van der Waals surface area contributed by atoms with Crippen molar-refractivity contribution in [3.8, 4) is 0 Å². The molecule has 0 bridgehead atoms. The molecule has 2 aromatic rings. The summed E-state index contributed by atoms with van der Waals surface area (Å²) >= 11 is 0. The first-order chi connectivity index (χ1) is 9.06. The van der Waals surface area contributed by atoms with Crippen LogP contribution in [0.3, 0.4) is 0 Å². The fraction of sp³-hybridized carbons (Fsp3) is 0.357. The van der Waals surface area contributed by atoms with Gasteiger partial charge < -0.3 is 9.84 Å². The molecular formula is C14H17N3O2. The number of carbonyl (C=O) groups excluding carboxylic acids is 1. The minimum absolute atomic E-state index is 0.00541. The highest BCUT2D eigenvalue weighted by atomic mass is 16.5. The molecule has 0 spiro atoms. The van der Waals surface area contributed by atoms with Gasteiger partial charge in [0.2, 0.25) is 11.8 Å². The van der Waals surface area contributed by atoms with Crippen molar-refractivity contribution in [1.29, 1.82) is 0 Å². The first kappa shape index (κ1) is 13.3. The Hall–Kier alpha value is -2.17. The third-order valence-corrected chi connectivity index (χ3v) is 2.71. The number of carbonyl (C=O) groups is 1. The van der Waals surface area contributed by atoms with Gasteiger partial charge in [0.15, 0.2) is 5.82 Å². The van der Waals surface area contributed by atoms with Gasteiger partial charge in [-0.3, -0.25) is 4.79 Å². The van der Waals surface area contributed by atoms with E-state index in [1.54, 1.807) is 6.92 Å². The Morgan fingerprint density at radius 2 is 2.11 bits per heavy atom. The van der Waals surface area contributed by atoms with Gasteiger partial charge in [0.25, 0.3) is 0 Å². The molecule has 1 aromatic heterocycles. The number of hydrogen-bond acceptors (Lipinski definition) is 4. The van der Waals surface area contributed by atoms with E-state index in [9.17, 15) is 4.79 Å². The van der Waals surface area contributed by atoms with E-state index >= 15 is 0 Å². The zero-order chi connectivity index (χ0) is 13.8. The highest BCUT2D eigenvalue weighted by Gasteiger charge is 2.12. The Balaban J connectivity index is 2.18. The number of amides is 1. The number of hydrogen-bond donors (Lipinski definition) is 1. The molecule has 2 rings (SSSR count). The maximum Gasteiger partial charge on any atom is 0.231 e. The average molecular weight is 259 g/mol. The molecule has 1 aromatic carbocycles. The van der Waals surface area contributed by atoms with Gasteiger partial charge in [-0.2, -0.15) is 4.98 Å². The molecule has 5 heteroatoms. The third-order valence-electron chi connectivity index (χ3n) is 2.71. The minimum atomic E-state index is -0.0568. The molecule has 1 heterocycles. The molecule has 0 unspecified atom stereocenters. The monoisotopic (exact) mass is 259 g/mol. The van der Waals surface area contributed by atoms with Crippen molar-refractivity contribution in [2.75, 3.05) is 5.32 Å². The van der Waals surface area contributed by atoms with E-state index in [0.29, 0.717) is 18.1 Å². The molecule has 5 nitrogen and oxygen atoms in total. The van der Waals surface area contributed by atoms with Gasteiger partial charge in [0.05, 0.1) is 6.42 Å². The topological polar surface area (TPSA) is 68.0 Å². The molecule has 0 saturated carbocycles. The van der Waals surface area contributed by atoms with Gasteiger partial charge in [0, 0.05) is 11.6 Å². The maximum atomic E-state index is 11.8. The smallest absolute Gasteiger partial charge is 0.231 e. The lowest BCUT2D eigenvalue weighted by atomic mass is 10.1. The largest absolute Gasteiger partial charge is 0.339 e. The number of rotatable bonds is 4. The van der Waals surface area contributed by atoms with Crippen LogP contribution in [-0.4, -0.2) is 16.0 Å². The summed E-state index contributed by atoms with van der Waals surface area (Å²) in [5.74, 6) is 1.09. The molecule has 19 heavy (non-hydrogen) atoms. The number of anilines is 1. The number of benzene rings is 1. The van der Waals surface area contributed by atoms with Crippen molar-refractivity contribution < 1.29 is 9.32 Å². The van der Waals surface area contributed by atoms with Gasteiger partial charge in [-0.05, 0) is 18.6 Å². The van der Waals surface area contributed by atoms with Crippen LogP contribution in [0.4, 0.5) is 5.69 Å². The lowest BCUT2D eigenvalue weighted by molar-refractivity contribution is -0.118. The molecule has 0 radical (unpaired) electrons. The van der Waals surface area contributed by atoms with Crippen molar-refractivity contribution in [2.24, 2.45) is 5.92 Å². The van der Waals surface area contributed by atoms with Gasteiger partial charge in [0.1, 0.15) is 0 Å². The number of nitrogens with zero attached hydrogens (tertiary/aromatic N) is 2. The van der Waals surface area contributed by atoms with Crippen molar-refractivity contribution in [1.82, 2.24) is 10.1 Å². The summed E-state index contributed by atoms with van der Waals surface area (Å²) in [5.41, 5.74) is 1.75. The Bertz CT molecular complexity index is 576. The number of aromatic nitrogens is 2. The normalized spacial score (nSPS) is 10.7.